The van der Waals surface area contributed by atoms with Gasteiger partial charge in [-0.05, 0) is 48.4 Å². The fourth-order valence-electron chi connectivity index (χ4n) is 2.08. The highest BCUT2D eigenvalue weighted by atomic mass is 35.5. The fourth-order valence-corrected chi connectivity index (χ4v) is 2.28. The van der Waals surface area contributed by atoms with Crippen LogP contribution in [0.1, 0.15) is 18.9 Å². The number of ether oxygens (including phenoxy) is 1. The van der Waals surface area contributed by atoms with Crippen LogP contribution in [0.25, 0.3) is 0 Å². The number of amides is 1. The predicted molar refractivity (Wildman–Crippen MR) is 97.9 cm³/mol. The van der Waals surface area contributed by atoms with Crippen molar-refractivity contribution in [3.63, 3.8) is 0 Å². The molecule has 126 valence electrons. The van der Waals surface area contributed by atoms with E-state index in [4.69, 9.17) is 16.3 Å². The topological polar surface area (TPSA) is 62.7 Å². The van der Waals surface area contributed by atoms with Crippen LogP contribution < -0.4 is 15.5 Å². The molecule has 24 heavy (non-hydrogen) atoms. The van der Waals surface area contributed by atoms with Gasteiger partial charge in [-0.15, -0.1) is 0 Å². The number of hydrogen-bond donors (Lipinski definition) is 2. The molecule has 0 fully saturated rings. The van der Waals surface area contributed by atoms with Gasteiger partial charge in [0.05, 0.1) is 13.3 Å². The normalized spacial score (nSPS) is 12.0. The number of hydrogen-bond acceptors (Lipinski definition) is 4. The van der Waals surface area contributed by atoms with Crippen molar-refractivity contribution in [3.8, 4) is 5.75 Å². The Morgan fingerprint density at radius 1 is 1.29 bits per heavy atom. The first-order valence-corrected chi connectivity index (χ1v) is 7.99. The fraction of sp³-hybridized carbons (Fsp3) is 0.222. The summed E-state index contributed by atoms with van der Waals surface area (Å²) in [6.07, 6.45) is 2.19. The van der Waals surface area contributed by atoms with Gasteiger partial charge in [0.1, 0.15) is 11.8 Å². The van der Waals surface area contributed by atoms with Crippen LogP contribution in [-0.4, -0.2) is 25.3 Å². The van der Waals surface area contributed by atoms with Gasteiger partial charge in [0.2, 0.25) is 0 Å². The molecule has 1 atom stereocenters. The van der Waals surface area contributed by atoms with Crippen LogP contribution in [-0.2, 0) is 4.79 Å². The molecule has 0 aliphatic heterocycles. The number of halogens is 1. The average Bonchev–Trinajstić information content (AvgIpc) is 2.60. The second-order valence-corrected chi connectivity index (χ2v) is 5.56. The monoisotopic (exact) mass is 345 g/mol. The van der Waals surface area contributed by atoms with Crippen LogP contribution in [0.3, 0.4) is 0 Å². The van der Waals surface area contributed by atoms with Crippen LogP contribution in [0.5, 0.6) is 5.75 Å². The predicted octanol–water partition coefficient (Wildman–Crippen LogP) is 3.69. The average molecular weight is 346 g/mol. The van der Waals surface area contributed by atoms with Crippen LogP contribution in [0, 0.1) is 0 Å². The molecule has 2 aromatic rings. The van der Waals surface area contributed by atoms with Crippen molar-refractivity contribution in [2.45, 2.75) is 19.4 Å². The lowest BCUT2D eigenvalue weighted by Crippen LogP contribution is -2.36. The van der Waals surface area contributed by atoms with Crippen molar-refractivity contribution >= 4 is 29.4 Å². The summed E-state index contributed by atoms with van der Waals surface area (Å²) in [7, 11) is 1.61. The van der Waals surface area contributed by atoms with E-state index in [1.54, 1.807) is 25.5 Å². The Hall–Kier alpha value is -2.53. The number of rotatable bonds is 7. The lowest BCUT2D eigenvalue weighted by Gasteiger charge is -2.16. The molecular weight excluding hydrogens is 326 g/mol. The number of benzene rings is 2. The molecule has 0 radical (unpaired) electrons. The maximum atomic E-state index is 12.2. The number of carbonyl (C=O) groups is 1. The molecule has 2 N–H and O–H groups in total. The van der Waals surface area contributed by atoms with E-state index in [0.717, 1.165) is 17.0 Å². The van der Waals surface area contributed by atoms with E-state index in [-0.39, 0.29) is 11.9 Å². The van der Waals surface area contributed by atoms with Gasteiger partial charge < -0.3 is 10.1 Å². The van der Waals surface area contributed by atoms with Crippen LogP contribution in [0.4, 0.5) is 5.69 Å². The Kier molecular flexibility index (Phi) is 6.63. The van der Waals surface area contributed by atoms with Gasteiger partial charge in [-0.1, -0.05) is 30.7 Å². The van der Waals surface area contributed by atoms with Crippen molar-refractivity contribution in [3.05, 3.63) is 59.1 Å². The SMILES string of the molecule is CC[C@@H](Nc1ccc(OC)cc1)C(=O)N/N=C\c1cccc(Cl)c1. The van der Waals surface area contributed by atoms with Crippen molar-refractivity contribution < 1.29 is 9.53 Å². The van der Waals surface area contributed by atoms with Gasteiger partial charge in [0.15, 0.2) is 0 Å². The smallest absolute Gasteiger partial charge is 0.262 e. The highest BCUT2D eigenvalue weighted by Gasteiger charge is 2.15. The minimum atomic E-state index is -0.380. The molecule has 0 bridgehead atoms. The summed E-state index contributed by atoms with van der Waals surface area (Å²) in [5.74, 6) is 0.566. The number of methoxy groups -OCH3 is 1. The van der Waals surface area contributed by atoms with Gasteiger partial charge in [0.25, 0.3) is 5.91 Å². The zero-order valence-electron chi connectivity index (χ0n) is 13.6. The molecule has 0 spiro atoms. The molecule has 0 aromatic heterocycles. The maximum absolute atomic E-state index is 12.2. The molecule has 0 aliphatic rings. The number of nitrogens with zero attached hydrogens (tertiary/aromatic N) is 1. The summed E-state index contributed by atoms with van der Waals surface area (Å²) in [6, 6.07) is 14.3. The summed E-state index contributed by atoms with van der Waals surface area (Å²) in [5.41, 5.74) is 4.21. The number of anilines is 1. The van der Waals surface area contributed by atoms with E-state index < -0.39 is 0 Å². The van der Waals surface area contributed by atoms with Gasteiger partial charge in [-0.2, -0.15) is 5.10 Å². The quantitative estimate of drug-likeness (QED) is 0.594. The Labute approximate surface area is 146 Å². The summed E-state index contributed by atoms with van der Waals surface area (Å²) in [5, 5.41) is 7.78. The summed E-state index contributed by atoms with van der Waals surface area (Å²) in [4.78, 5) is 12.2. The van der Waals surface area contributed by atoms with Crippen LogP contribution >= 0.6 is 11.6 Å². The Bertz CT molecular complexity index is 702. The summed E-state index contributed by atoms with van der Waals surface area (Å²) < 4.78 is 5.12. The third kappa shape index (κ3) is 5.28. The summed E-state index contributed by atoms with van der Waals surface area (Å²) in [6.45, 7) is 1.93. The van der Waals surface area contributed by atoms with Crippen molar-refractivity contribution in [2.24, 2.45) is 5.10 Å². The molecular formula is C18H20ClN3O2. The number of carbonyl (C=O) groups excluding carboxylic acids is 1. The van der Waals surface area contributed by atoms with Crippen molar-refractivity contribution in [1.82, 2.24) is 5.43 Å². The Morgan fingerprint density at radius 2 is 2.04 bits per heavy atom. The van der Waals surface area contributed by atoms with Crippen LogP contribution in [0.15, 0.2) is 53.6 Å². The van der Waals surface area contributed by atoms with Gasteiger partial charge in [-0.25, -0.2) is 5.43 Å². The van der Waals surface area contributed by atoms with Crippen LogP contribution in [0.2, 0.25) is 5.02 Å². The highest BCUT2D eigenvalue weighted by molar-refractivity contribution is 6.30. The first-order valence-electron chi connectivity index (χ1n) is 7.61. The molecule has 0 saturated carbocycles. The van der Waals surface area contributed by atoms with Gasteiger partial charge in [0, 0.05) is 10.7 Å². The molecule has 2 rings (SSSR count). The Balaban J connectivity index is 1.93. The van der Waals surface area contributed by atoms with E-state index in [0.29, 0.717) is 11.4 Å². The molecule has 2 aromatic carbocycles. The van der Waals surface area contributed by atoms with Crippen molar-refractivity contribution in [1.29, 1.82) is 0 Å². The molecule has 0 saturated heterocycles. The van der Waals surface area contributed by atoms with E-state index in [9.17, 15) is 4.79 Å². The van der Waals surface area contributed by atoms with E-state index in [2.05, 4.69) is 15.8 Å². The molecule has 1 amide bonds. The second-order valence-electron chi connectivity index (χ2n) is 5.12. The standard InChI is InChI=1S/C18H20ClN3O2/c1-3-17(21-15-7-9-16(24-2)10-8-15)18(23)22-20-12-13-5-4-6-14(19)11-13/h4-12,17,21H,3H2,1-2H3,(H,22,23)/b20-12-/t17-/m1/s1. The number of hydrazone groups is 1. The van der Waals surface area contributed by atoms with Gasteiger partial charge >= 0.3 is 0 Å². The molecule has 0 aliphatic carbocycles. The molecule has 5 nitrogen and oxygen atoms in total. The zero-order valence-corrected chi connectivity index (χ0v) is 14.4. The minimum Gasteiger partial charge on any atom is -0.497 e. The maximum Gasteiger partial charge on any atom is 0.262 e. The zero-order chi connectivity index (χ0) is 17.4. The third-order valence-electron chi connectivity index (χ3n) is 3.39. The van der Waals surface area contributed by atoms with Gasteiger partial charge in [-0.3, -0.25) is 4.79 Å². The first-order chi connectivity index (χ1) is 11.6. The van der Waals surface area contributed by atoms with E-state index in [1.807, 2.05) is 43.3 Å². The lowest BCUT2D eigenvalue weighted by molar-refractivity contribution is -0.121. The lowest BCUT2D eigenvalue weighted by atomic mass is 10.2. The highest BCUT2D eigenvalue weighted by Crippen LogP contribution is 2.16. The van der Waals surface area contributed by atoms with Crippen molar-refractivity contribution in [2.75, 3.05) is 12.4 Å². The number of nitrogens with one attached hydrogen (secondary N) is 2. The molecule has 0 heterocycles. The summed E-state index contributed by atoms with van der Waals surface area (Å²) >= 11 is 5.90. The first kappa shape index (κ1) is 17.8. The molecule has 6 heteroatoms. The third-order valence-corrected chi connectivity index (χ3v) is 3.63. The largest absolute Gasteiger partial charge is 0.497 e. The van der Waals surface area contributed by atoms with E-state index >= 15 is 0 Å². The Morgan fingerprint density at radius 3 is 2.67 bits per heavy atom. The molecule has 0 unspecified atom stereocenters. The second kappa shape index (κ2) is 8.93. The van der Waals surface area contributed by atoms with E-state index in [1.165, 1.54) is 0 Å². The minimum absolute atomic E-state index is 0.202.